The van der Waals surface area contributed by atoms with Gasteiger partial charge < -0.3 is 10.6 Å². The van der Waals surface area contributed by atoms with Gasteiger partial charge in [0.1, 0.15) is 6.04 Å². The smallest absolute Gasteiger partial charge is 0.262 e. The molecule has 2 heterocycles. The maximum absolute atomic E-state index is 13.0. The topological polar surface area (TPSA) is 108 Å². The second kappa shape index (κ2) is 7.98. The van der Waals surface area contributed by atoms with Gasteiger partial charge in [0.05, 0.1) is 11.1 Å². The number of rotatable bonds is 7. The van der Waals surface area contributed by atoms with Gasteiger partial charge in [-0.05, 0) is 31.5 Å². The molecule has 8 nitrogen and oxygen atoms in total. The van der Waals surface area contributed by atoms with E-state index in [2.05, 4.69) is 22.9 Å². The van der Waals surface area contributed by atoms with E-state index in [1.165, 1.54) is 0 Å². The van der Waals surface area contributed by atoms with Crippen molar-refractivity contribution < 1.29 is 19.2 Å². The Bertz CT molecular complexity index is 792. The second-order valence-corrected chi connectivity index (χ2v) is 6.88. The first-order valence-electron chi connectivity index (χ1n) is 9.21. The number of amides is 4. The highest BCUT2D eigenvalue weighted by Gasteiger charge is 2.45. The third-order valence-electron chi connectivity index (χ3n) is 4.87. The van der Waals surface area contributed by atoms with Crippen LogP contribution >= 0.6 is 0 Å². The summed E-state index contributed by atoms with van der Waals surface area (Å²) in [5, 5.41) is 8.79. The monoisotopic (exact) mass is 372 g/mol. The lowest BCUT2D eigenvalue weighted by Gasteiger charge is -2.27. The summed E-state index contributed by atoms with van der Waals surface area (Å²) in [6, 6.07) is 4.49. The Morgan fingerprint density at radius 1 is 1.22 bits per heavy atom. The fourth-order valence-corrected chi connectivity index (χ4v) is 3.58. The lowest BCUT2D eigenvalue weighted by Crippen LogP contribution is -2.54. The minimum atomic E-state index is -0.940. The van der Waals surface area contributed by atoms with Crippen molar-refractivity contribution in [3.8, 4) is 0 Å². The Morgan fingerprint density at radius 2 is 2.00 bits per heavy atom. The molecule has 0 radical (unpaired) electrons. The summed E-state index contributed by atoms with van der Waals surface area (Å²) >= 11 is 0. The summed E-state index contributed by atoms with van der Waals surface area (Å²) < 4.78 is 0. The van der Waals surface area contributed by atoms with Crippen LogP contribution in [0.5, 0.6) is 0 Å². The van der Waals surface area contributed by atoms with Crippen LogP contribution in [0, 0.1) is 0 Å². The molecule has 3 rings (SSSR count). The normalized spacial score (nSPS) is 20.7. The van der Waals surface area contributed by atoms with Gasteiger partial charge in [0.25, 0.3) is 11.8 Å². The van der Waals surface area contributed by atoms with Crippen LogP contribution in [0.4, 0.5) is 0 Å². The Balaban J connectivity index is 1.78. The van der Waals surface area contributed by atoms with Crippen LogP contribution in [-0.4, -0.2) is 53.7 Å². The van der Waals surface area contributed by atoms with Crippen LogP contribution < -0.4 is 16.0 Å². The van der Waals surface area contributed by atoms with E-state index in [0.717, 1.165) is 23.6 Å². The molecule has 144 valence electrons. The van der Waals surface area contributed by atoms with E-state index in [1.54, 1.807) is 12.1 Å². The summed E-state index contributed by atoms with van der Waals surface area (Å²) in [6.45, 7) is 6.13. The lowest BCUT2D eigenvalue weighted by molar-refractivity contribution is -0.136. The number of hydrogen-bond donors (Lipinski definition) is 3. The minimum Gasteiger partial charge on any atom is -0.313 e. The fourth-order valence-electron chi connectivity index (χ4n) is 3.58. The molecule has 27 heavy (non-hydrogen) atoms. The standard InChI is InChI=1S/C19H24N4O4/c1-3-21-11(2)9-20-10-12-5-4-6-13-16(12)19(27)23(18(13)26)14-7-8-15(24)22-17(14)25/h4-6,11,14,20-21H,3,7-10H2,1-2H3,(H,22,24,25)/t11-,14?/m1/s1. The molecule has 0 aliphatic carbocycles. The lowest BCUT2D eigenvalue weighted by atomic mass is 10.0. The van der Waals surface area contributed by atoms with E-state index in [1.807, 2.05) is 13.0 Å². The van der Waals surface area contributed by atoms with Crippen molar-refractivity contribution in [3.63, 3.8) is 0 Å². The van der Waals surface area contributed by atoms with Crippen molar-refractivity contribution in [3.05, 3.63) is 34.9 Å². The number of imide groups is 2. The summed E-state index contributed by atoms with van der Waals surface area (Å²) in [5.41, 5.74) is 1.38. The number of carbonyl (C=O) groups is 4. The largest absolute Gasteiger partial charge is 0.313 e. The molecule has 8 heteroatoms. The predicted molar refractivity (Wildman–Crippen MR) is 98.0 cm³/mol. The number of carbonyl (C=O) groups excluding carboxylic acids is 4. The molecular formula is C19H24N4O4. The first-order valence-corrected chi connectivity index (χ1v) is 9.21. The molecule has 2 aliphatic rings. The van der Waals surface area contributed by atoms with Gasteiger partial charge in [-0.2, -0.15) is 0 Å². The first-order chi connectivity index (χ1) is 12.9. The molecule has 4 amide bonds. The van der Waals surface area contributed by atoms with Crippen LogP contribution in [0.2, 0.25) is 0 Å². The quantitative estimate of drug-likeness (QED) is 0.589. The maximum Gasteiger partial charge on any atom is 0.262 e. The van der Waals surface area contributed by atoms with E-state index in [0.29, 0.717) is 17.7 Å². The summed E-state index contributed by atoms with van der Waals surface area (Å²) in [5.74, 6) is -1.93. The highest BCUT2D eigenvalue weighted by molar-refractivity contribution is 6.24. The van der Waals surface area contributed by atoms with Crippen molar-refractivity contribution in [1.82, 2.24) is 20.9 Å². The molecule has 1 saturated heterocycles. The predicted octanol–water partition coefficient (Wildman–Crippen LogP) is 0.175. The molecular weight excluding hydrogens is 348 g/mol. The number of piperidine rings is 1. The van der Waals surface area contributed by atoms with E-state index in [9.17, 15) is 19.2 Å². The molecule has 2 atom stereocenters. The fraction of sp³-hybridized carbons (Fsp3) is 0.474. The number of likely N-dealkylation sites (N-methyl/N-ethyl adjacent to an activating group) is 1. The number of nitrogens with one attached hydrogen (secondary N) is 3. The first kappa shape index (κ1) is 19.2. The van der Waals surface area contributed by atoms with Gasteiger partial charge in [-0.25, -0.2) is 0 Å². The zero-order chi connectivity index (χ0) is 19.6. The van der Waals surface area contributed by atoms with Gasteiger partial charge >= 0.3 is 0 Å². The van der Waals surface area contributed by atoms with Gasteiger partial charge in [-0.3, -0.25) is 29.4 Å². The van der Waals surface area contributed by atoms with Crippen LogP contribution in [0.3, 0.4) is 0 Å². The zero-order valence-corrected chi connectivity index (χ0v) is 15.5. The second-order valence-electron chi connectivity index (χ2n) is 6.88. The Kier molecular flexibility index (Phi) is 5.67. The van der Waals surface area contributed by atoms with Crippen LogP contribution in [0.15, 0.2) is 18.2 Å². The molecule has 2 aliphatic heterocycles. The Hall–Kier alpha value is -2.58. The molecule has 0 aromatic heterocycles. The molecule has 0 bridgehead atoms. The third-order valence-corrected chi connectivity index (χ3v) is 4.87. The third kappa shape index (κ3) is 3.77. The molecule has 1 aromatic rings. The van der Waals surface area contributed by atoms with Crippen molar-refractivity contribution in [1.29, 1.82) is 0 Å². The van der Waals surface area contributed by atoms with E-state index < -0.39 is 23.8 Å². The van der Waals surface area contributed by atoms with Crippen molar-refractivity contribution in [2.24, 2.45) is 0 Å². The van der Waals surface area contributed by atoms with Crippen molar-refractivity contribution in [2.45, 2.75) is 45.3 Å². The SMILES string of the molecule is CCN[C@H](C)CNCc1cccc2c1C(=O)N(C1CCC(=O)NC1=O)C2=O. The minimum absolute atomic E-state index is 0.112. The number of benzene rings is 1. The molecule has 1 aromatic carbocycles. The number of nitrogens with zero attached hydrogens (tertiary/aromatic N) is 1. The molecule has 0 saturated carbocycles. The van der Waals surface area contributed by atoms with Crippen LogP contribution in [-0.2, 0) is 16.1 Å². The van der Waals surface area contributed by atoms with Gasteiger partial charge in [0.15, 0.2) is 0 Å². The van der Waals surface area contributed by atoms with E-state index >= 15 is 0 Å². The van der Waals surface area contributed by atoms with Crippen molar-refractivity contribution >= 4 is 23.6 Å². The Labute approximate surface area is 157 Å². The number of hydrogen-bond acceptors (Lipinski definition) is 6. The van der Waals surface area contributed by atoms with Gasteiger partial charge in [0, 0.05) is 25.6 Å². The highest BCUT2D eigenvalue weighted by Crippen LogP contribution is 2.29. The summed E-state index contributed by atoms with van der Waals surface area (Å²) in [4.78, 5) is 50.2. The summed E-state index contributed by atoms with van der Waals surface area (Å²) in [7, 11) is 0. The van der Waals surface area contributed by atoms with Crippen LogP contribution in [0.25, 0.3) is 0 Å². The molecule has 0 spiro atoms. The highest BCUT2D eigenvalue weighted by atomic mass is 16.2. The molecule has 1 fully saturated rings. The number of fused-ring (bicyclic) bond motifs is 1. The average molecular weight is 372 g/mol. The van der Waals surface area contributed by atoms with Crippen LogP contribution in [0.1, 0.15) is 53.0 Å². The van der Waals surface area contributed by atoms with Gasteiger partial charge in [0.2, 0.25) is 11.8 Å². The van der Waals surface area contributed by atoms with E-state index in [-0.39, 0.29) is 24.8 Å². The molecule has 3 N–H and O–H groups in total. The molecule has 1 unspecified atom stereocenters. The van der Waals surface area contributed by atoms with Crippen molar-refractivity contribution in [2.75, 3.05) is 13.1 Å². The van der Waals surface area contributed by atoms with Gasteiger partial charge in [-0.1, -0.05) is 19.1 Å². The Morgan fingerprint density at radius 3 is 2.70 bits per heavy atom. The maximum atomic E-state index is 13.0. The average Bonchev–Trinajstić information content (AvgIpc) is 2.87. The zero-order valence-electron chi connectivity index (χ0n) is 15.5. The van der Waals surface area contributed by atoms with E-state index in [4.69, 9.17) is 0 Å². The summed E-state index contributed by atoms with van der Waals surface area (Å²) in [6.07, 6.45) is 0.268. The van der Waals surface area contributed by atoms with Gasteiger partial charge in [-0.15, -0.1) is 0 Å².